The minimum atomic E-state index is -0.0206. The van der Waals surface area contributed by atoms with E-state index in [-0.39, 0.29) is 17.6 Å². The number of hydrogen-bond acceptors (Lipinski definition) is 3. The van der Waals surface area contributed by atoms with E-state index in [2.05, 4.69) is 43.4 Å². The van der Waals surface area contributed by atoms with Crippen molar-refractivity contribution in [3.63, 3.8) is 0 Å². The van der Waals surface area contributed by atoms with Crippen molar-refractivity contribution < 1.29 is 9.53 Å². The zero-order valence-corrected chi connectivity index (χ0v) is 14.7. The third-order valence-electron chi connectivity index (χ3n) is 4.88. The molecule has 0 aromatic rings. The summed E-state index contributed by atoms with van der Waals surface area (Å²) in [5.41, 5.74) is 0.122. The Hall–Kier alpha value is -0.810. The van der Waals surface area contributed by atoms with Crippen LogP contribution in [0.4, 0.5) is 4.79 Å². The lowest BCUT2D eigenvalue weighted by Gasteiger charge is -2.40. The van der Waals surface area contributed by atoms with Crippen molar-refractivity contribution in [3.8, 4) is 0 Å². The Bertz CT molecular complexity index is 359. The zero-order chi connectivity index (χ0) is 16.2. The highest BCUT2D eigenvalue weighted by molar-refractivity contribution is 5.74. The average Bonchev–Trinajstić information content (AvgIpc) is 2.47. The minimum Gasteiger partial charge on any atom is -0.377 e. The molecule has 5 heteroatoms. The fraction of sp³-hybridized carbons (Fsp3) is 0.941. The lowest BCUT2D eigenvalue weighted by Crippen LogP contribution is -2.50. The second-order valence-electron chi connectivity index (χ2n) is 7.99. The SMILES string of the molecule is CN1CCC(NC(=O)NC[C@@H]2CCCO[C@H]2C(C)(C)C)CC1. The summed E-state index contributed by atoms with van der Waals surface area (Å²) in [7, 11) is 2.13. The lowest BCUT2D eigenvalue weighted by atomic mass is 9.78. The first-order chi connectivity index (χ1) is 10.4. The monoisotopic (exact) mass is 311 g/mol. The molecule has 2 aliphatic heterocycles. The molecule has 5 nitrogen and oxygen atoms in total. The van der Waals surface area contributed by atoms with Crippen molar-refractivity contribution in [2.75, 3.05) is 33.3 Å². The fourth-order valence-corrected chi connectivity index (χ4v) is 3.62. The molecular formula is C17H33N3O2. The van der Waals surface area contributed by atoms with Crippen LogP contribution in [0.3, 0.4) is 0 Å². The van der Waals surface area contributed by atoms with E-state index < -0.39 is 0 Å². The third kappa shape index (κ3) is 5.13. The number of likely N-dealkylation sites (tertiary alicyclic amines) is 1. The molecule has 2 atom stereocenters. The maximum Gasteiger partial charge on any atom is 0.315 e. The van der Waals surface area contributed by atoms with E-state index in [1.807, 2.05) is 0 Å². The molecule has 2 heterocycles. The number of rotatable bonds is 3. The quantitative estimate of drug-likeness (QED) is 0.840. The predicted octanol–water partition coefficient (Wildman–Crippen LogP) is 2.22. The van der Waals surface area contributed by atoms with Crippen LogP contribution in [0.15, 0.2) is 0 Å². The molecule has 2 aliphatic rings. The van der Waals surface area contributed by atoms with E-state index in [0.29, 0.717) is 18.5 Å². The first-order valence-corrected chi connectivity index (χ1v) is 8.71. The predicted molar refractivity (Wildman–Crippen MR) is 89.0 cm³/mol. The van der Waals surface area contributed by atoms with Crippen LogP contribution in [0.25, 0.3) is 0 Å². The van der Waals surface area contributed by atoms with Gasteiger partial charge in [-0.3, -0.25) is 0 Å². The molecule has 0 radical (unpaired) electrons. The van der Waals surface area contributed by atoms with Crippen molar-refractivity contribution in [2.45, 2.75) is 58.6 Å². The van der Waals surface area contributed by atoms with Gasteiger partial charge in [0.1, 0.15) is 0 Å². The van der Waals surface area contributed by atoms with Crippen LogP contribution in [0.1, 0.15) is 46.5 Å². The van der Waals surface area contributed by atoms with Gasteiger partial charge in [-0.05, 0) is 51.2 Å². The van der Waals surface area contributed by atoms with Crippen molar-refractivity contribution in [1.82, 2.24) is 15.5 Å². The maximum atomic E-state index is 12.1. The summed E-state index contributed by atoms with van der Waals surface area (Å²) in [5, 5.41) is 6.18. The van der Waals surface area contributed by atoms with E-state index in [1.54, 1.807) is 0 Å². The first kappa shape index (κ1) is 17.5. The lowest BCUT2D eigenvalue weighted by molar-refractivity contribution is -0.0838. The number of ether oxygens (including phenoxy) is 1. The van der Waals surface area contributed by atoms with Gasteiger partial charge in [0.2, 0.25) is 0 Å². The van der Waals surface area contributed by atoms with E-state index in [4.69, 9.17) is 4.74 Å². The molecule has 0 bridgehead atoms. The van der Waals surface area contributed by atoms with E-state index in [9.17, 15) is 4.79 Å². The molecule has 0 aliphatic carbocycles. The van der Waals surface area contributed by atoms with Gasteiger partial charge in [-0.15, -0.1) is 0 Å². The van der Waals surface area contributed by atoms with Crippen LogP contribution in [0, 0.1) is 11.3 Å². The molecule has 22 heavy (non-hydrogen) atoms. The Morgan fingerprint density at radius 3 is 2.55 bits per heavy atom. The smallest absolute Gasteiger partial charge is 0.315 e. The van der Waals surface area contributed by atoms with Gasteiger partial charge in [0, 0.05) is 25.1 Å². The highest BCUT2D eigenvalue weighted by Crippen LogP contribution is 2.33. The largest absolute Gasteiger partial charge is 0.377 e. The van der Waals surface area contributed by atoms with Crippen molar-refractivity contribution in [3.05, 3.63) is 0 Å². The van der Waals surface area contributed by atoms with Crippen LogP contribution in [0.2, 0.25) is 0 Å². The first-order valence-electron chi connectivity index (χ1n) is 8.71. The Morgan fingerprint density at radius 2 is 1.91 bits per heavy atom. The van der Waals surface area contributed by atoms with Gasteiger partial charge in [-0.25, -0.2) is 4.79 Å². The van der Waals surface area contributed by atoms with Gasteiger partial charge in [-0.1, -0.05) is 20.8 Å². The van der Waals surface area contributed by atoms with Crippen LogP contribution in [-0.2, 0) is 4.74 Å². The highest BCUT2D eigenvalue weighted by Gasteiger charge is 2.35. The normalized spacial score (nSPS) is 28.4. The van der Waals surface area contributed by atoms with Crippen molar-refractivity contribution in [1.29, 1.82) is 0 Å². The second-order valence-corrected chi connectivity index (χ2v) is 7.99. The van der Waals surface area contributed by atoms with Gasteiger partial charge in [-0.2, -0.15) is 0 Å². The van der Waals surface area contributed by atoms with Gasteiger partial charge in [0.15, 0.2) is 0 Å². The molecule has 128 valence electrons. The molecule has 0 unspecified atom stereocenters. The number of hydrogen-bond donors (Lipinski definition) is 2. The van der Waals surface area contributed by atoms with Gasteiger partial charge < -0.3 is 20.3 Å². The molecular weight excluding hydrogens is 278 g/mol. The summed E-state index contributed by atoms with van der Waals surface area (Å²) < 4.78 is 5.97. The van der Waals surface area contributed by atoms with E-state index >= 15 is 0 Å². The highest BCUT2D eigenvalue weighted by atomic mass is 16.5. The van der Waals surface area contributed by atoms with Gasteiger partial charge in [0.25, 0.3) is 0 Å². The van der Waals surface area contributed by atoms with E-state index in [0.717, 1.165) is 45.4 Å². The summed E-state index contributed by atoms with van der Waals surface area (Å²) in [6, 6.07) is 0.296. The topological polar surface area (TPSA) is 53.6 Å². The summed E-state index contributed by atoms with van der Waals surface area (Å²) in [4.78, 5) is 14.4. The standard InChI is InChI=1S/C17H33N3O2/c1-17(2,3)15-13(6-5-11-22-15)12-18-16(21)19-14-7-9-20(4)10-8-14/h13-15H,5-12H2,1-4H3,(H2,18,19,21)/t13-,15+/m0/s1. The van der Waals surface area contributed by atoms with Crippen molar-refractivity contribution >= 4 is 6.03 Å². The number of amides is 2. The molecule has 0 aromatic carbocycles. The average molecular weight is 311 g/mol. The minimum absolute atomic E-state index is 0.0206. The molecule has 2 fully saturated rings. The van der Waals surface area contributed by atoms with Gasteiger partial charge in [0.05, 0.1) is 6.10 Å². The van der Waals surface area contributed by atoms with Crippen LogP contribution in [-0.4, -0.2) is 56.4 Å². The third-order valence-corrected chi connectivity index (χ3v) is 4.88. The van der Waals surface area contributed by atoms with Crippen LogP contribution in [0.5, 0.6) is 0 Å². The van der Waals surface area contributed by atoms with E-state index in [1.165, 1.54) is 0 Å². The number of carbonyl (C=O) groups excluding carboxylic acids is 1. The molecule has 0 saturated carbocycles. The molecule has 2 N–H and O–H groups in total. The number of nitrogens with one attached hydrogen (secondary N) is 2. The maximum absolute atomic E-state index is 12.1. The summed E-state index contributed by atoms with van der Waals surface area (Å²) in [6.45, 7) is 10.3. The molecule has 0 spiro atoms. The summed E-state index contributed by atoms with van der Waals surface area (Å²) in [6.07, 6.45) is 4.54. The van der Waals surface area contributed by atoms with Crippen molar-refractivity contribution in [2.24, 2.45) is 11.3 Å². The van der Waals surface area contributed by atoms with Crippen LogP contribution >= 0.6 is 0 Å². The zero-order valence-electron chi connectivity index (χ0n) is 14.7. The summed E-state index contributed by atoms with van der Waals surface area (Å²) in [5.74, 6) is 0.414. The number of urea groups is 1. The summed E-state index contributed by atoms with van der Waals surface area (Å²) >= 11 is 0. The number of carbonyl (C=O) groups is 1. The Labute approximate surface area is 135 Å². The fourth-order valence-electron chi connectivity index (χ4n) is 3.62. The van der Waals surface area contributed by atoms with Gasteiger partial charge >= 0.3 is 6.03 Å². The Morgan fingerprint density at radius 1 is 1.23 bits per heavy atom. The number of piperidine rings is 1. The molecule has 2 rings (SSSR count). The molecule has 2 saturated heterocycles. The number of nitrogens with zero attached hydrogens (tertiary/aromatic N) is 1. The van der Waals surface area contributed by atoms with Crippen LogP contribution < -0.4 is 10.6 Å². The molecule has 0 aromatic heterocycles. The Balaban J connectivity index is 1.75. The second kappa shape index (κ2) is 7.64. The Kier molecular flexibility index (Phi) is 6.09. The molecule has 2 amide bonds.